The van der Waals surface area contributed by atoms with Crippen molar-refractivity contribution < 1.29 is 18.6 Å². The highest BCUT2D eigenvalue weighted by Crippen LogP contribution is 2.33. The van der Waals surface area contributed by atoms with Crippen LogP contribution in [0.3, 0.4) is 0 Å². The van der Waals surface area contributed by atoms with E-state index in [0.717, 1.165) is 50.9 Å². The number of rotatable bonds is 7. The zero-order valence-corrected chi connectivity index (χ0v) is 19.8. The van der Waals surface area contributed by atoms with Gasteiger partial charge in [0.05, 0.1) is 31.9 Å². The largest absolute Gasteiger partial charge is 0.494 e. The maximum Gasteiger partial charge on any atom is 0.161 e. The number of benzene rings is 3. The van der Waals surface area contributed by atoms with E-state index in [9.17, 15) is 0 Å². The highest BCUT2D eigenvalue weighted by molar-refractivity contribution is 5.83. The smallest absolute Gasteiger partial charge is 0.161 e. The molecule has 170 valence electrons. The molecule has 0 fully saturated rings. The van der Waals surface area contributed by atoms with E-state index in [2.05, 4.69) is 26.8 Å². The van der Waals surface area contributed by atoms with E-state index in [1.54, 1.807) is 14.2 Å². The molecule has 0 bridgehead atoms. The number of aryl methyl sites for hydroxylation is 2. The summed E-state index contributed by atoms with van der Waals surface area (Å²) in [6, 6.07) is 19.8. The first kappa shape index (κ1) is 22.5. The normalized spacial score (nSPS) is 11.6. The Kier molecular flexibility index (Phi) is 6.68. The van der Waals surface area contributed by atoms with Crippen molar-refractivity contribution in [2.45, 2.75) is 27.2 Å². The van der Waals surface area contributed by atoms with Crippen LogP contribution in [0.4, 0.5) is 5.69 Å². The van der Waals surface area contributed by atoms with Gasteiger partial charge in [-0.3, -0.25) is 0 Å². The molecule has 0 amide bonds. The minimum absolute atomic E-state index is 0.645. The third-order valence-corrected chi connectivity index (χ3v) is 5.41. The molecule has 0 N–H and O–H groups in total. The predicted molar refractivity (Wildman–Crippen MR) is 132 cm³/mol. The molecule has 4 aromatic rings. The van der Waals surface area contributed by atoms with Crippen LogP contribution in [0.25, 0.3) is 22.3 Å². The summed E-state index contributed by atoms with van der Waals surface area (Å²) in [6.45, 7) is 6.95. The third-order valence-electron chi connectivity index (χ3n) is 5.41. The van der Waals surface area contributed by atoms with E-state index in [4.69, 9.17) is 23.6 Å². The van der Waals surface area contributed by atoms with Gasteiger partial charge in [0.2, 0.25) is 0 Å². The van der Waals surface area contributed by atoms with Gasteiger partial charge in [-0.15, -0.1) is 0 Å². The summed E-state index contributed by atoms with van der Waals surface area (Å²) in [4.78, 5) is 4.97. The van der Waals surface area contributed by atoms with Crippen LogP contribution in [0.5, 0.6) is 17.2 Å². The van der Waals surface area contributed by atoms with Crippen LogP contribution in [-0.4, -0.2) is 20.8 Å². The summed E-state index contributed by atoms with van der Waals surface area (Å²) in [7, 11) is 3.25. The summed E-state index contributed by atoms with van der Waals surface area (Å²) in [5.74, 6) is 2.87. The second-order valence-corrected chi connectivity index (χ2v) is 7.97. The molecule has 0 aliphatic rings. The summed E-state index contributed by atoms with van der Waals surface area (Å²) >= 11 is 0. The molecule has 5 nitrogen and oxygen atoms in total. The average Bonchev–Trinajstić information content (AvgIpc) is 2.82. The number of fused-ring (bicyclic) bond motifs is 1. The van der Waals surface area contributed by atoms with Crippen molar-refractivity contribution in [2.75, 3.05) is 20.8 Å². The van der Waals surface area contributed by atoms with E-state index < -0.39 is 0 Å². The van der Waals surface area contributed by atoms with E-state index in [0.29, 0.717) is 23.9 Å². The van der Waals surface area contributed by atoms with Crippen molar-refractivity contribution >= 4 is 16.7 Å². The van der Waals surface area contributed by atoms with Gasteiger partial charge in [-0.1, -0.05) is 13.0 Å². The maximum atomic E-state index is 6.35. The molecule has 1 heterocycles. The van der Waals surface area contributed by atoms with Crippen molar-refractivity contribution in [3.63, 3.8) is 0 Å². The van der Waals surface area contributed by atoms with Gasteiger partial charge in [-0.25, -0.2) is 4.99 Å². The van der Waals surface area contributed by atoms with E-state index in [1.807, 2.05) is 54.6 Å². The van der Waals surface area contributed by atoms with Crippen LogP contribution < -0.4 is 19.6 Å². The second-order valence-electron chi connectivity index (χ2n) is 7.97. The lowest BCUT2D eigenvalue weighted by atomic mass is 10.0. The quantitative estimate of drug-likeness (QED) is 0.317. The van der Waals surface area contributed by atoms with Crippen LogP contribution in [0.15, 0.2) is 70.1 Å². The fraction of sp³-hybridized carbons (Fsp3) is 0.250. The van der Waals surface area contributed by atoms with Gasteiger partial charge in [0.1, 0.15) is 17.1 Å². The molecule has 33 heavy (non-hydrogen) atoms. The molecule has 0 saturated heterocycles. The maximum absolute atomic E-state index is 6.35. The van der Waals surface area contributed by atoms with Crippen LogP contribution in [0.2, 0.25) is 0 Å². The first-order valence-corrected chi connectivity index (χ1v) is 11.1. The van der Waals surface area contributed by atoms with E-state index in [1.165, 1.54) is 0 Å². The van der Waals surface area contributed by atoms with Gasteiger partial charge in [-0.2, -0.15) is 0 Å². The molecule has 4 rings (SSSR count). The molecule has 3 aromatic carbocycles. The Morgan fingerprint density at radius 3 is 2.30 bits per heavy atom. The number of hydrogen-bond acceptors (Lipinski definition) is 5. The molecule has 0 saturated carbocycles. The van der Waals surface area contributed by atoms with Crippen LogP contribution >= 0.6 is 0 Å². The Bertz CT molecular complexity index is 1340. The number of methoxy groups -OCH3 is 2. The highest BCUT2D eigenvalue weighted by atomic mass is 16.5. The van der Waals surface area contributed by atoms with E-state index >= 15 is 0 Å². The number of hydrogen-bond donors (Lipinski definition) is 0. The SMILES string of the molecule is CCCOc1ccc(N=c2cc(-c3ccc(OC)c(OC)c3)oc3cc(C)cc(C)c23)cc1. The molecule has 0 radical (unpaired) electrons. The topological polar surface area (TPSA) is 53.2 Å². The molecule has 0 atom stereocenters. The van der Waals surface area contributed by atoms with Crippen molar-refractivity contribution in [2.24, 2.45) is 4.99 Å². The fourth-order valence-corrected chi connectivity index (χ4v) is 3.88. The Hall–Kier alpha value is -3.73. The lowest BCUT2D eigenvalue weighted by molar-refractivity contribution is 0.317. The Morgan fingerprint density at radius 2 is 1.61 bits per heavy atom. The summed E-state index contributed by atoms with van der Waals surface area (Å²) in [6.07, 6.45) is 0.975. The van der Waals surface area contributed by atoms with Crippen molar-refractivity contribution in [1.82, 2.24) is 0 Å². The first-order valence-electron chi connectivity index (χ1n) is 11.1. The highest BCUT2D eigenvalue weighted by Gasteiger charge is 2.12. The molecule has 5 heteroatoms. The first-order chi connectivity index (χ1) is 16.0. The zero-order chi connectivity index (χ0) is 23.4. The zero-order valence-electron chi connectivity index (χ0n) is 19.8. The second kappa shape index (κ2) is 9.82. The lowest BCUT2D eigenvalue weighted by Gasteiger charge is -2.11. The van der Waals surface area contributed by atoms with Gasteiger partial charge in [0.15, 0.2) is 11.5 Å². The number of nitrogens with zero attached hydrogens (tertiary/aromatic N) is 1. The molecule has 0 unspecified atom stereocenters. The fourth-order valence-electron chi connectivity index (χ4n) is 3.88. The monoisotopic (exact) mass is 443 g/mol. The van der Waals surface area contributed by atoms with Crippen LogP contribution in [0, 0.1) is 13.8 Å². The molecule has 1 aromatic heterocycles. The minimum atomic E-state index is 0.645. The number of ether oxygens (including phenoxy) is 3. The average molecular weight is 444 g/mol. The summed E-state index contributed by atoms with van der Waals surface area (Å²) in [5, 5.41) is 1.84. The third kappa shape index (κ3) is 4.87. The predicted octanol–water partition coefficient (Wildman–Crippen LogP) is 6.76. The van der Waals surface area contributed by atoms with Crippen LogP contribution in [0.1, 0.15) is 24.5 Å². The Morgan fingerprint density at radius 1 is 0.848 bits per heavy atom. The van der Waals surface area contributed by atoms with Gasteiger partial charge < -0.3 is 18.6 Å². The van der Waals surface area contributed by atoms with Crippen molar-refractivity contribution in [3.05, 3.63) is 77.1 Å². The molecular weight excluding hydrogens is 414 g/mol. The summed E-state index contributed by atoms with van der Waals surface area (Å²) in [5.41, 5.74) is 4.78. The van der Waals surface area contributed by atoms with Crippen LogP contribution in [-0.2, 0) is 0 Å². The molecular formula is C28H29NO4. The van der Waals surface area contributed by atoms with Crippen molar-refractivity contribution in [3.8, 4) is 28.6 Å². The standard InChI is InChI=1S/C28H29NO4/c1-6-13-32-22-10-8-21(9-11-22)29-23-17-25(20-7-12-24(30-4)26(16-20)31-5)33-27-15-18(2)14-19(3)28(23)27/h7-12,14-17H,6,13H2,1-5H3. The summed E-state index contributed by atoms with van der Waals surface area (Å²) < 4.78 is 22.9. The Labute approximate surface area is 194 Å². The molecule has 0 aliphatic heterocycles. The van der Waals surface area contributed by atoms with Gasteiger partial charge >= 0.3 is 0 Å². The van der Waals surface area contributed by atoms with Crippen molar-refractivity contribution in [1.29, 1.82) is 0 Å². The lowest BCUT2D eigenvalue weighted by Crippen LogP contribution is -2.05. The molecule has 0 aliphatic carbocycles. The van der Waals surface area contributed by atoms with E-state index in [-0.39, 0.29) is 0 Å². The van der Waals surface area contributed by atoms with Gasteiger partial charge in [0, 0.05) is 17.0 Å². The van der Waals surface area contributed by atoms with Gasteiger partial charge in [0.25, 0.3) is 0 Å². The molecule has 0 spiro atoms. The van der Waals surface area contributed by atoms with Gasteiger partial charge in [-0.05, 0) is 79.9 Å². The Balaban J connectivity index is 1.89. The minimum Gasteiger partial charge on any atom is -0.494 e.